The number of amides is 1. The van der Waals surface area contributed by atoms with Crippen LogP contribution in [0.25, 0.3) is 0 Å². The van der Waals surface area contributed by atoms with E-state index in [2.05, 4.69) is 31.3 Å². The van der Waals surface area contributed by atoms with Crippen molar-refractivity contribution in [3.05, 3.63) is 24.3 Å². The van der Waals surface area contributed by atoms with Gasteiger partial charge in [-0.05, 0) is 57.8 Å². The Labute approximate surface area is 450 Å². The fourth-order valence-electron chi connectivity index (χ4n) is 10.2. The molecule has 0 spiro atoms. The maximum absolute atomic E-state index is 12.4. The van der Waals surface area contributed by atoms with Gasteiger partial charge in [0.25, 0.3) is 0 Å². The Kier molecular flexibility index (Phi) is 60.5. The molecule has 0 aliphatic rings. The van der Waals surface area contributed by atoms with E-state index in [1.807, 2.05) is 6.08 Å². The van der Waals surface area contributed by atoms with Crippen molar-refractivity contribution in [2.45, 2.75) is 373 Å². The predicted octanol–water partition coefficient (Wildman–Crippen LogP) is 20.6. The summed E-state index contributed by atoms with van der Waals surface area (Å²) in [5.41, 5.74) is 0. The molecule has 6 heteroatoms. The Morgan fingerprint density at radius 3 is 0.986 bits per heavy atom. The molecular formula is C66H127NO5. The molecular weight excluding hydrogens is 887 g/mol. The number of rotatable bonds is 61. The first-order chi connectivity index (χ1) is 35.5. The Morgan fingerprint density at radius 1 is 0.375 bits per heavy atom. The summed E-state index contributed by atoms with van der Waals surface area (Å²) in [6, 6.07) is -0.625. The van der Waals surface area contributed by atoms with Gasteiger partial charge in [0.2, 0.25) is 5.91 Å². The second kappa shape index (κ2) is 61.9. The number of allylic oxidation sites excluding steroid dienone is 3. The summed E-state index contributed by atoms with van der Waals surface area (Å²) in [5.74, 6) is -0.0512. The topological polar surface area (TPSA) is 95.9 Å². The Hall–Kier alpha value is -1.66. The van der Waals surface area contributed by atoms with Crippen LogP contribution in [0.5, 0.6) is 0 Å². The summed E-state index contributed by atoms with van der Waals surface area (Å²) in [5, 5.41) is 23.1. The SMILES string of the molecule is CCCCCCCC/C=C\CCCCCCCCCC(=O)OCCCCCCCCCCCCCCCCCCCCCCCCCCCCC(=O)NC(CO)C(O)/C=C/CCCCCCCCCCCC. The molecule has 0 rings (SSSR count). The molecule has 1 amide bonds. The highest BCUT2D eigenvalue weighted by Crippen LogP contribution is 2.18. The first kappa shape index (κ1) is 70.3. The van der Waals surface area contributed by atoms with Crippen LogP contribution in [0.1, 0.15) is 361 Å². The maximum atomic E-state index is 12.4. The fraction of sp³-hybridized carbons (Fsp3) is 0.909. The minimum absolute atomic E-state index is 0.0139. The van der Waals surface area contributed by atoms with Gasteiger partial charge >= 0.3 is 5.97 Å². The lowest BCUT2D eigenvalue weighted by Gasteiger charge is -2.20. The molecule has 6 nitrogen and oxygen atoms in total. The van der Waals surface area contributed by atoms with Gasteiger partial charge in [0.1, 0.15) is 0 Å². The fourth-order valence-corrected chi connectivity index (χ4v) is 10.2. The standard InChI is InChI=1S/C66H127NO5/c1-3-5-7-9-11-13-15-17-18-29-33-36-40-44-48-52-56-60-66(71)72-61-57-53-49-45-41-37-34-31-28-26-24-22-20-19-21-23-25-27-30-32-35-39-43-47-51-55-59-65(70)67-63(62-68)64(69)58-54-50-46-42-38-16-14-12-10-8-6-4-2/h17-18,54,58,63-64,68-69H,3-16,19-53,55-57,59-62H2,1-2H3,(H,67,70)/b18-17-,58-54+. The average molecular weight is 1010 g/mol. The minimum Gasteiger partial charge on any atom is -0.466 e. The smallest absolute Gasteiger partial charge is 0.305 e. The van der Waals surface area contributed by atoms with E-state index in [1.165, 1.54) is 289 Å². The molecule has 2 atom stereocenters. The molecule has 0 aromatic rings. The van der Waals surface area contributed by atoms with Crippen LogP contribution in [-0.2, 0) is 14.3 Å². The van der Waals surface area contributed by atoms with Gasteiger partial charge in [-0.3, -0.25) is 9.59 Å². The summed E-state index contributed by atoms with van der Waals surface area (Å²) in [6.45, 7) is 4.91. The second-order valence-corrected chi connectivity index (χ2v) is 22.5. The highest BCUT2D eigenvalue weighted by molar-refractivity contribution is 5.76. The van der Waals surface area contributed by atoms with E-state index in [0.717, 1.165) is 44.9 Å². The molecule has 0 aromatic carbocycles. The lowest BCUT2D eigenvalue weighted by atomic mass is 10.0. The number of nitrogens with one attached hydrogen (secondary N) is 1. The number of hydrogen-bond donors (Lipinski definition) is 3. The molecule has 0 saturated carbocycles. The Balaban J connectivity index is 3.34. The van der Waals surface area contributed by atoms with Crippen LogP contribution in [0.4, 0.5) is 0 Å². The van der Waals surface area contributed by atoms with Crippen LogP contribution in [0.3, 0.4) is 0 Å². The van der Waals surface area contributed by atoms with Crippen molar-refractivity contribution in [1.29, 1.82) is 0 Å². The molecule has 0 aliphatic carbocycles. The Morgan fingerprint density at radius 2 is 0.653 bits per heavy atom. The summed E-state index contributed by atoms with van der Waals surface area (Å²) in [6.07, 6.45) is 76.7. The molecule has 2 unspecified atom stereocenters. The largest absolute Gasteiger partial charge is 0.466 e. The highest BCUT2D eigenvalue weighted by atomic mass is 16.5. The van der Waals surface area contributed by atoms with Crippen molar-refractivity contribution in [2.24, 2.45) is 0 Å². The van der Waals surface area contributed by atoms with Gasteiger partial charge < -0.3 is 20.3 Å². The van der Waals surface area contributed by atoms with E-state index in [1.54, 1.807) is 6.08 Å². The highest BCUT2D eigenvalue weighted by Gasteiger charge is 2.18. The third kappa shape index (κ3) is 57.6. The zero-order valence-electron chi connectivity index (χ0n) is 48.7. The molecule has 0 bridgehead atoms. The molecule has 0 fully saturated rings. The molecule has 72 heavy (non-hydrogen) atoms. The molecule has 0 aromatic heterocycles. The monoisotopic (exact) mass is 1010 g/mol. The molecule has 0 heterocycles. The summed E-state index contributed by atoms with van der Waals surface area (Å²) in [7, 11) is 0. The summed E-state index contributed by atoms with van der Waals surface area (Å²) in [4.78, 5) is 24.5. The van der Waals surface area contributed by atoms with Gasteiger partial charge in [0.05, 0.1) is 25.4 Å². The van der Waals surface area contributed by atoms with Crippen LogP contribution in [0.15, 0.2) is 24.3 Å². The number of aliphatic hydroxyl groups excluding tert-OH is 2. The van der Waals surface area contributed by atoms with Crippen LogP contribution < -0.4 is 5.32 Å². The lowest BCUT2D eigenvalue weighted by Crippen LogP contribution is -2.45. The number of carbonyl (C=O) groups excluding carboxylic acids is 2. The molecule has 426 valence electrons. The molecule has 0 aliphatic heterocycles. The van der Waals surface area contributed by atoms with Crippen LogP contribution in [0, 0.1) is 0 Å². The zero-order chi connectivity index (χ0) is 52.2. The number of esters is 1. The zero-order valence-corrected chi connectivity index (χ0v) is 48.7. The van der Waals surface area contributed by atoms with Crippen molar-refractivity contribution < 1.29 is 24.5 Å². The quantitative estimate of drug-likeness (QED) is 0.0320. The third-order valence-electron chi connectivity index (χ3n) is 15.2. The number of ether oxygens (including phenoxy) is 1. The van der Waals surface area contributed by atoms with Crippen LogP contribution in [0.2, 0.25) is 0 Å². The van der Waals surface area contributed by atoms with E-state index >= 15 is 0 Å². The van der Waals surface area contributed by atoms with Gasteiger partial charge in [-0.1, -0.05) is 314 Å². The average Bonchev–Trinajstić information content (AvgIpc) is 3.38. The van der Waals surface area contributed by atoms with E-state index in [9.17, 15) is 19.8 Å². The molecule has 0 radical (unpaired) electrons. The van der Waals surface area contributed by atoms with Gasteiger partial charge in [0, 0.05) is 12.8 Å². The van der Waals surface area contributed by atoms with E-state index < -0.39 is 12.1 Å². The summed E-state index contributed by atoms with van der Waals surface area (Å²) < 4.78 is 5.50. The van der Waals surface area contributed by atoms with Crippen molar-refractivity contribution in [1.82, 2.24) is 5.32 Å². The third-order valence-corrected chi connectivity index (χ3v) is 15.2. The number of unbranched alkanes of at least 4 members (excludes halogenated alkanes) is 48. The van der Waals surface area contributed by atoms with Crippen molar-refractivity contribution in [3.8, 4) is 0 Å². The number of aliphatic hydroxyl groups is 2. The molecule has 3 N–H and O–H groups in total. The van der Waals surface area contributed by atoms with Gasteiger partial charge in [0.15, 0.2) is 0 Å². The first-order valence-electron chi connectivity index (χ1n) is 32.6. The van der Waals surface area contributed by atoms with Crippen molar-refractivity contribution >= 4 is 11.9 Å². The van der Waals surface area contributed by atoms with Gasteiger partial charge in [-0.15, -0.1) is 0 Å². The number of carbonyl (C=O) groups is 2. The normalized spacial score (nSPS) is 12.7. The maximum Gasteiger partial charge on any atom is 0.305 e. The first-order valence-corrected chi connectivity index (χ1v) is 32.6. The number of hydrogen-bond acceptors (Lipinski definition) is 5. The van der Waals surface area contributed by atoms with E-state index in [-0.39, 0.29) is 18.5 Å². The molecule has 0 saturated heterocycles. The minimum atomic E-state index is -0.841. The summed E-state index contributed by atoms with van der Waals surface area (Å²) >= 11 is 0. The van der Waals surface area contributed by atoms with Crippen molar-refractivity contribution in [2.75, 3.05) is 13.2 Å². The van der Waals surface area contributed by atoms with Crippen LogP contribution >= 0.6 is 0 Å². The second-order valence-electron chi connectivity index (χ2n) is 22.5. The van der Waals surface area contributed by atoms with Gasteiger partial charge in [-0.25, -0.2) is 0 Å². The van der Waals surface area contributed by atoms with E-state index in [4.69, 9.17) is 4.74 Å². The van der Waals surface area contributed by atoms with Gasteiger partial charge in [-0.2, -0.15) is 0 Å². The van der Waals surface area contributed by atoms with E-state index in [0.29, 0.717) is 19.4 Å². The predicted molar refractivity (Wildman–Crippen MR) is 315 cm³/mol. The Bertz CT molecular complexity index is 1120. The lowest BCUT2D eigenvalue weighted by molar-refractivity contribution is -0.143. The van der Waals surface area contributed by atoms with Crippen LogP contribution in [-0.4, -0.2) is 47.4 Å². The van der Waals surface area contributed by atoms with Crippen molar-refractivity contribution in [3.63, 3.8) is 0 Å².